The van der Waals surface area contributed by atoms with Crippen molar-refractivity contribution in [2.24, 2.45) is 5.18 Å². The van der Waals surface area contributed by atoms with Gasteiger partial charge in [0.2, 0.25) is 0 Å². The van der Waals surface area contributed by atoms with Crippen molar-refractivity contribution in [3.8, 4) is 5.75 Å². The van der Waals surface area contributed by atoms with Crippen molar-refractivity contribution in [1.82, 2.24) is 0 Å². The minimum absolute atomic E-state index is 0.415. The molecule has 1 atom stereocenters. The van der Waals surface area contributed by atoms with E-state index < -0.39 is 6.04 Å². The Morgan fingerprint density at radius 3 is 3.00 bits per heavy atom. The fourth-order valence-electron chi connectivity index (χ4n) is 1.18. The molecule has 3 nitrogen and oxygen atoms in total. The maximum absolute atomic E-state index is 10.5. The molecule has 0 aliphatic heterocycles. The molecular weight excluding hydrogens is 258 g/mol. The van der Waals surface area contributed by atoms with E-state index in [1.165, 1.54) is 0 Å². The van der Waals surface area contributed by atoms with Crippen LogP contribution in [-0.2, 0) is 0 Å². The van der Waals surface area contributed by atoms with Gasteiger partial charge in [-0.05, 0) is 25.1 Å². The molecule has 0 aliphatic rings. The highest BCUT2D eigenvalue weighted by Gasteiger charge is 2.12. The minimum atomic E-state index is -0.415. The first-order chi connectivity index (χ1) is 7.19. The lowest BCUT2D eigenvalue weighted by atomic mass is 10.1. The van der Waals surface area contributed by atoms with Crippen molar-refractivity contribution >= 4 is 15.9 Å². The van der Waals surface area contributed by atoms with Crippen LogP contribution in [0, 0.1) is 4.91 Å². The number of rotatable bonds is 5. The zero-order valence-electron chi connectivity index (χ0n) is 8.44. The molecule has 0 bridgehead atoms. The highest BCUT2D eigenvalue weighted by Crippen LogP contribution is 2.30. The van der Waals surface area contributed by atoms with Crippen LogP contribution in [0.3, 0.4) is 0 Å². The molecule has 0 N–H and O–H groups in total. The van der Waals surface area contributed by atoms with Gasteiger partial charge in [0.1, 0.15) is 18.4 Å². The Hall–Kier alpha value is -1.16. The van der Waals surface area contributed by atoms with E-state index in [-0.39, 0.29) is 0 Å². The summed E-state index contributed by atoms with van der Waals surface area (Å²) in [5.74, 6) is 0.671. The second-order valence-electron chi connectivity index (χ2n) is 3.06. The smallest absolute Gasteiger partial charge is 0.125 e. The van der Waals surface area contributed by atoms with Gasteiger partial charge in [-0.1, -0.05) is 33.8 Å². The van der Waals surface area contributed by atoms with Crippen LogP contribution in [0.4, 0.5) is 0 Å². The average Bonchev–Trinajstić information content (AvgIpc) is 2.26. The highest BCUT2D eigenvalue weighted by molar-refractivity contribution is 9.10. The molecule has 1 rings (SSSR count). The van der Waals surface area contributed by atoms with E-state index in [1.54, 1.807) is 13.0 Å². The lowest BCUT2D eigenvalue weighted by Gasteiger charge is -2.11. The fraction of sp³-hybridized carbons (Fsp3) is 0.273. The van der Waals surface area contributed by atoms with Gasteiger partial charge in [-0.3, -0.25) is 0 Å². The van der Waals surface area contributed by atoms with Crippen LogP contribution in [0.25, 0.3) is 0 Å². The fourth-order valence-corrected chi connectivity index (χ4v) is 1.56. The van der Waals surface area contributed by atoms with Gasteiger partial charge in [0.15, 0.2) is 0 Å². The van der Waals surface area contributed by atoms with Gasteiger partial charge in [0, 0.05) is 10.0 Å². The molecule has 15 heavy (non-hydrogen) atoms. The number of hydrogen-bond donors (Lipinski definition) is 0. The molecule has 4 heteroatoms. The Balaban J connectivity index is 3.02. The molecule has 0 aromatic heterocycles. The predicted molar refractivity (Wildman–Crippen MR) is 64.0 cm³/mol. The van der Waals surface area contributed by atoms with Crippen molar-refractivity contribution in [3.63, 3.8) is 0 Å². The van der Waals surface area contributed by atoms with Crippen LogP contribution in [0.2, 0.25) is 0 Å². The van der Waals surface area contributed by atoms with Crippen LogP contribution in [0.5, 0.6) is 5.75 Å². The Morgan fingerprint density at radius 2 is 2.40 bits per heavy atom. The molecule has 0 saturated carbocycles. The van der Waals surface area contributed by atoms with E-state index in [4.69, 9.17) is 4.74 Å². The molecular formula is C11H12BrNO2. The maximum Gasteiger partial charge on any atom is 0.125 e. The quantitative estimate of drug-likeness (QED) is 0.602. The van der Waals surface area contributed by atoms with Gasteiger partial charge >= 0.3 is 0 Å². The lowest BCUT2D eigenvalue weighted by molar-refractivity contribution is 0.357. The minimum Gasteiger partial charge on any atom is -0.489 e. The SMILES string of the molecule is C=CCOc1ccc(Br)cc1C(C)N=O. The number of ether oxygens (including phenoxy) is 1. The average molecular weight is 270 g/mol. The molecule has 0 fully saturated rings. The standard InChI is InChI=1S/C11H12BrNO2/c1-3-6-15-11-5-4-9(12)7-10(11)8(2)13-14/h3-5,7-8H,1,6H2,2H3. The normalized spacial score (nSPS) is 11.9. The molecule has 0 heterocycles. The zero-order valence-corrected chi connectivity index (χ0v) is 10.0. The van der Waals surface area contributed by atoms with Gasteiger partial charge in [-0.15, -0.1) is 0 Å². The van der Waals surface area contributed by atoms with Gasteiger partial charge in [0.05, 0.1) is 0 Å². The zero-order chi connectivity index (χ0) is 11.3. The van der Waals surface area contributed by atoms with Crippen molar-refractivity contribution in [3.05, 3.63) is 45.8 Å². The van der Waals surface area contributed by atoms with Crippen molar-refractivity contribution < 1.29 is 4.74 Å². The molecule has 0 spiro atoms. The van der Waals surface area contributed by atoms with E-state index in [9.17, 15) is 4.91 Å². The topological polar surface area (TPSA) is 38.7 Å². The third-order valence-corrected chi connectivity index (χ3v) is 2.43. The van der Waals surface area contributed by atoms with Crippen molar-refractivity contribution in [1.29, 1.82) is 0 Å². The molecule has 0 amide bonds. The summed E-state index contributed by atoms with van der Waals surface area (Å²) in [5.41, 5.74) is 0.779. The molecule has 80 valence electrons. The van der Waals surface area contributed by atoms with Crippen LogP contribution in [0.15, 0.2) is 40.5 Å². The predicted octanol–water partition coefficient (Wildman–Crippen LogP) is 3.84. The molecule has 1 aromatic rings. The number of benzene rings is 1. The summed E-state index contributed by atoms with van der Waals surface area (Å²) in [4.78, 5) is 10.5. The monoisotopic (exact) mass is 269 g/mol. The summed E-state index contributed by atoms with van der Waals surface area (Å²) in [6, 6.07) is 5.09. The summed E-state index contributed by atoms with van der Waals surface area (Å²) < 4.78 is 6.33. The van der Waals surface area contributed by atoms with E-state index in [1.807, 2.05) is 18.2 Å². The number of halogens is 1. The van der Waals surface area contributed by atoms with Crippen molar-refractivity contribution in [2.45, 2.75) is 13.0 Å². The first-order valence-corrected chi connectivity index (χ1v) is 5.34. The summed E-state index contributed by atoms with van der Waals surface area (Å²) in [5, 5.41) is 2.99. The van der Waals surface area contributed by atoms with Crippen LogP contribution < -0.4 is 4.74 Å². The van der Waals surface area contributed by atoms with E-state index in [0.717, 1.165) is 10.0 Å². The van der Waals surface area contributed by atoms with Crippen LogP contribution in [0.1, 0.15) is 18.5 Å². The van der Waals surface area contributed by atoms with E-state index >= 15 is 0 Å². The van der Waals surface area contributed by atoms with Crippen LogP contribution in [-0.4, -0.2) is 6.61 Å². The number of nitroso groups, excluding NO2 is 1. The summed E-state index contributed by atoms with van der Waals surface area (Å²) in [6.45, 7) is 5.72. The number of hydrogen-bond acceptors (Lipinski definition) is 3. The third-order valence-electron chi connectivity index (χ3n) is 1.94. The van der Waals surface area contributed by atoms with Gasteiger partial charge in [-0.25, -0.2) is 0 Å². The van der Waals surface area contributed by atoms with Gasteiger partial charge in [0.25, 0.3) is 0 Å². The molecule has 1 unspecified atom stereocenters. The largest absolute Gasteiger partial charge is 0.489 e. The van der Waals surface area contributed by atoms with Gasteiger partial charge < -0.3 is 4.74 Å². The third kappa shape index (κ3) is 3.16. The molecule has 0 saturated heterocycles. The molecule has 0 aliphatic carbocycles. The Morgan fingerprint density at radius 1 is 1.67 bits per heavy atom. The van der Waals surface area contributed by atoms with Crippen molar-refractivity contribution in [2.75, 3.05) is 6.61 Å². The van der Waals surface area contributed by atoms with Gasteiger partial charge in [-0.2, -0.15) is 4.91 Å². The van der Waals surface area contributed by atoms with E-state index in [2.05, 4.69) is 27.7 Å². The number of nitrogens with zero attached hydrogens (tertiary/aromatic N) is 1. The first kappa shape index (κ1) is 11.9. The summed E-state index contributed by atoms with van der Waals surface area (Å²) in [6.07, 6.45) is 1.66. The molecule has 1 aromatic carbocycles. The maximum atomic E-state index is 10.5. The Kier molecular flexibility index (Phi) is 4.49. The summed E-state index contributed by atoms with van der Waals surface area (Å²) >= 11 is 3.34. The van der Waals surface area contributed by atoms with Crippen LogP contribution >= 0.6 is 15.9 Å². The Labute approximate surface area is 97.2 Å². The second-order valence-corrected chi connectivity index (χ2v) is 3.98. The summed E-state index contributed by atoms with van der Waals surface area (Å²) in [7, 11) is 0. The first-order valence-electron chi connectivity index (χ1n) is 4.54. The lowest BCUT2D eigenvalue weighted by Crippen LogP contribution is -1.99. The van der Waals surface area contributed by atoms with E-state index in [0.29, 0.717) is 12.4 Å². The molecule has 0 radical (unpaired) electrons. The highest BCUT2D eigenvalue weighted by atomic mass is 79.9. The second kappa shape index (κ2) is 5.66. The Bertz CT molecular complexity index is 366.